The van der Waals surface area contributed by atoms with E-state index in [9.17, 15) is 13.2 Å². The lowest BCUT2D eigenvalue weighted by molar-refractivity contribution is -0.137. The van der Waals surface area contributed by atoms with Crippen LogP contribution in [0.4, 0.5) is 19.0 Å². The van der Waals surface area contributed by atoms with Gasteiger partial charge in [0, 0.05) is 19.3 Å². The predicted octanol–water partition coefficient (Wildman–Crippen LogP) is 3.80. The van der Waals surface area contributed by atoms with Crippen molar-refractivity contribution in [3.63, 3.8) is 0 Å². The Morgan fingerprint density at radius 2 is 1.78 bits per heavy atom. The lowest BCUT2D eigenvalue weighted by atomic mass is 10.2. The first kappa shape index (κ1) is 17.8. The zero-order valence-corrected chi connectivity index (χ0v) is 13.2. The van der Waals surface area contributed by atoms with Gasteiger partial charge in [0.15, 0.2) is 0 Å². The number of rotatable bonds is 5. The number of halogens is 5. The summed E-state index contributed by atoms with van der Waals surface area (Å²) in [5.41, 5.74) is -0.296. The molecule has 0 aliphatic rings. The Kier molecular flexibility index (Phi) is 5.67. The minimum atomic E-state index is -4.58. The molecule has 0 saturated carbocycles. The summed E-state index contributed by atoms with van der Waals surface area (Å²) >= 11 is 11.4. The van der Waals surface area contributed by atoms with E-state index in [1.807, 2.05) is 0 Å². The second kappa shape index (κ2) is 7.33. The van der Waals surface area contributed by atoms with Gasteiger partial charge >= 0.3 is 6.18 Å². The fourth-order valence-electron chi connectivity index (χ4n) is 1.99. The van der Waals surface area contributed by atoms with E-state index in [0.29, 0.717) is 5.56 Å². The lowest BCUT2D eigenvalue weighted by Crippen LogP contribution is -2.29. The van der Waals surface area contributed by atoms with Crippen LogP contribution in [0.25, 0.3) is 0 Å². The zero-order valence-electron chi connectivity index (χ0n) is 11.7. The van der Waals surface area contributed by atoms with Gasteiger partial charge in [0.2, 0.25) is 0 Å². The highest BCUT2D eigenvalue weighted by molar-refractivity contribution is 6.29. The molecule has 4 nitrogen and oxygen atoms in total. The third kappa shape index (κ3) is 4.70. The Labute approximate surface area is 140 Å². The van der Waals surface area contributed by atoms with Crippen molar-refractivity contribution in [2.75, 3.05) is 18.1 Å². The molecule has 0 radical (unpaired) electrons. The van der Waals surface area contributed by atoms with E-state index in [0.717, 1.165) is 12.1 Å². The molecule has 0 aliphatic carbocycles. The summed E-state index contributed by atoms with van der Waals surface area (Å²) < 4.78 is 39.5. The Morgan fingerprint density at radius 3 is 2.35 bits per heavy atom. The van der Waals surface area contributed by atoms with Gasteiger partial charge in [-0.15, -0.1) is 0 Å². The van der Waals surface area contributed by atoms with Gasteiger partial charge in [-0.05, 0) is 23.8 Å². The van der Waals surface area contributed by atoms with Gasteiger partial charge in [-0.1, -0.05) is 29.3 Å². The quantitative estimate of drug-likeness (QED) is 0.818. The third-order valence-electron chi connectivity index (χ3n) is 2.98. The second-order valence-electron chi connectivity index (χ2n) is 4.64. The van der Waals surface area contributed by atoms with Crippen molar-refractivity contribution in [2.45, 2.75) is 12.7 Å². The molecule has 0 spiro atoms. The number of aliphatic hydroxyl groups excluding tert-OH is 1. The van der Waals surface area contributed by atoms with Crippen LogP contribution in [-0.4, -0.2) is 28.2 Å². The van der Waals surface area contributed by atoms with Gasteiger partial charge in [-0.3, -0.25) is 0 Å². The van der Waals surface area contributed by atoms with Crippen LogP contribution in [-0.2, 0) is 12.7 Å². The molecule has 0 aromatic carbocycles. The summed E-state index contributed by atoms with van der Waals surface area (Å²) in [6.07, 6.45) is -3.14. The average molecular weight is 366 g/mol. The Morgan fingerprint density at radius 1 is 1.09 bits per heavy atom. The van der Waals surface area contributed by atoms with Crippen LogP contribution in [0.1, 0.15) is 11.1 Å². The number of pyridine rings is 2. The molecule has 2 heterocycles. The summed E-state index contributed by atoms with van der Waals surface area (Å²) in [4.78, 5) is 8.96. The first-order chi connectivity index (χ1) is 10.8. The maximum Gasteiger partial charge on any atom is 0.419 e. The van der Waals surface area contributed by atoms with Crippen molar-refractivity contribution in [3.8, 4) is 0 Å². The van der Waals surface area contributed by atoms with Crippen LogP contribution >= 0.6 is 23.2 Å². The number of aromatic nitrogens is 2. The third-order valence-corrected chi connectivity index (χ3v) is 3.41. The molecule has 124 valence electrons. The van der Waals surface area contributed by atoms with Crippen LogP contribution in [0.2, 0.25) is 10.3 Å². The summed E-state index contributed by atoms with van der Waals surface area (Å²) in [7, 11) is 0. The van der Waals surface area contributed by atoms with E-state index in [1.165, 1.54) is 17.2 Å². The molecule has 0 aliphatic heterocycles. The van der Waals surface area contributed by atoms with Crippen molar-refractivity contribution in [2.24, 2.45) is 0 Å². The molecular formula is C14H12Cl2F3N3O. The maximum absolute atomic E-state index is 13.2. The average Bonchev–Trinajstić information content (AvgIpc) is 2.47. The molecule has 0 unspecified atom stereocenters. The van der Waals surface area contributed by atoms with Crippen molar-refractivity contribution >= 4 is 29.0 Å². The molecule has 2 aromatic rings. The second-order valence-corrected chi connectivity index (χ2v) is 5.41. The molecule has 9 heteroatoms. The number of hydrogen-bond donors (Lipinski definition) is 1. The number of nitrogens with zero attached hydrogens (tertiary/aromatic N) is 3. The molecule has 0 fully saturated rings. The summed E-state index contributed by atoms with van der Waals surface area (Å²) in [6.45, 7) is -0.313. The van der Waals surface area contributed by atoms with Crippen molar-refractivity contribution in [3.05, 3.63) is 51.9 Å². The van der Waals surface area contributed by atoms with Crippen molar-refractivity contribution in [1.29, 1.82) is 0 Å². The molecule has 0 bridgehead atoms. The maximum atomic E-state index is 13.2. The van der Waals surface area contributed by atoms with Gasteiger partial charge in [0.25, 0.3) is 0 Å². The topological polar surface area (TPSA) is 49.2 Å². The Hall–Kier alpha value is -1.57. The Balaban J connectivity index is 2.40. The van der Waals surface area contributed by atoms with E-state index >= 15 is 0 Å². The normalized spacial score (nSPS) is 11.6. The molecule has 2 rings (SSSR count). The van der Waals surface area contributed by atoms with Crippen LogP contribution in [0.3, 0.4) is 0 Å². The van der Waals surface area contributed by atoms with Gasteiger partial charge in [-0.2, -0.15) is 13.2 Å². The van der Waals surface area contributed by atoms with Gasteiger partial charge in [-0.25, -0.2) is 9.97 Å². The van der Waals surface area contributed by atoms with Crippen molar-refractivity contribution in [1.82, 2.24) is 9.97 Å². The van der Waals surface area contributed by atoms with Gasteiger partial charge in [0.05, 0.1) is 12.2 Å². The highest BCUT2D eigenvalue weighted by atomic mass is 35.5. The molecular weight excluding hydrogens is 354 g/mol. The molecule has 1 N–H and O–H groups in total. The predicted molar refractivity (Wildman–Crippen MR) is 81.6 cm³/mol. The first-order valence-corrected chi connectivity index (χ1v) is 7.27. The first-order valence-electron chi connectivity index (χ1n) is 6.51. The minimum absolute atomic E-state index is 0.0426. The monoisotopic (exact) mass is 365 g/mol. The van der Waals surface area contributed by atoms with Crippen molar-refractivity contribution < 1.29 is 18.3 Å². The summed E-state index contributed by atoms with van der Waals surface area (Å²) in [6, 6.07) is 5.12. The standard InChI is InChI=1S/C14H12Cl2F3N3O/c15-11-3-1-9(7-20-11)8-22(5-6-23)13-10(14(17,18)19)2-4-12(16)21-13/h1-4,7,23H,5-6,8H2. The fourth-order valence-corrected chi connectivity index (χ4v) is 2.24. The number of hydrogen-bond acceptors (Lipinski definition) is 4. The van der Waals surface area contributed by atoms with E-state index < -0.39 is 11.7 Å². The van der Waals surface area contributed by atoms with Crippen LogP contribution < -0.4 is 4.90 Å². The highest BCUT2D eigenvalue weighted by Crippen LogP contribution is 2.36. The summed E-state index contributed by atoms with van der Waals surface area (Å²) in [5, 5.41) is 9.38. The highest BCUT2D eigenvalue weighted by Gasteiger charge is 2.36. The number of anilines is 1. The van der Waals surface area contributed by atoms with Gasteiger partial charge in [0.1, 0.15) is 16.1 Å². The lowest BCUT2D eigenvalue weighted by Gasteiger charge is -2.26. The Bertz CT molecular complexity index is 665. The van der Waals surface area contributed by atoms with Gasteiger partial charge < -0.3 is 10.0 Å². The fraction of sp³-hybridized carbons (Fsp3) is 0.286. The zero-order chi connectivity index (χ0) is 17.0. The van der Waals surface area contributed by atoms with Crippen LogP contribution in [0.15, 0.2) is 30.5 Å². The molecule has 0 saturated heterocycles. The number of alkyl halides is 3. The van der Waals surface area contributed by atoms with Crippen LogP contribution in [0.5, 0.6) is 0 Å². The van der Waals surface area contributed by atoms with E-state index in [-0.39, 0.29) is 35.8 Å². The van der Waals surface area contributed by atoms with E-state index in [1.54, 1.807) is 6.07 Å². The summed E-state index contributed by atoms with van der Waals surface area (Å²) in [5.74, 6) is -0.339. The van der Waals surface area contributed by atoms with Crippen LogP contribution in [0, 0.1) is 0 Å². The number of aliphatic hydroxyl groups is 1. The molecule has 0 atom stereocenters. The molecule has 23 heavy (non-hydrogen) atoms. The minimum Gasteiger partial charge on any atom is -0.395 e. The molecule has 0 amide bonds. The van der Waals surface area contributed by atoms with E-state index in [2.05, 4.69) is 9.97 Å². The van der Waals surface area contributed by atoms with E-state index in [4.69, 9.17) is 28.3 Å². The SMILES string of the molecule is OCCN(Cc1ccc(Cl)nc1)c1nc(Cl)ccc1C(F)(F)F. The largest absolute Gasteiger partial charge is 0.419 e. The smallest absolute Gasteiger partial charge is 0.395 e. The molecule has 2 aromatic heterocycles.